The van der Waals surface area contributed by atoms with Crippen LogP contribution in [0.25, 0.3) is 0 Å². The zero-order valence-corrected chi connectivity index (χ0v) is 15.1. The Hall–Kier alpha value is -3.00. The van der Waals surface area contributed by atoms with E-state index in [1.165, 1.54) is 32.2 Å². The summed E-state index contributed by atoms with van der Waals surface area (Å²) in [6.45, 7) is 0.698. The van der Waals surface area contributed by atoms with Crippen molar-refractivity contribution in [1.82, 2.24) is 0 Å². The molecule has 0 fully saturated rings. The quantitative estimate of drug-likeness (QED) is 0.786. The van der Waals surface area contributed by atoms with Gasteiger partial charge in [-0.15, -0.1) is 0 Å². The second-order valence-electron chi connectivity index (χ2n) is 5.44. The van der Waals surface area contributed by atoms with E-state index < -0.39 is 36.0 Å². The fourth-order valence-corrected chi connectivity index (χ4v) is 2.47. The van der Waals surface area contributed by atoms with E-state index in [0.29, 0.717) is 6.07 Å². The number of carbonyl (C=O) groups is 3. The van der Waals surface area contributed by atoms with Crippen LogP contribution in [0, 0.1) is 11.6 Å². The molecule has 0 saturated heterocycles. The number of carbonyl (C=O) groups excluding carboxylic acids is 3. The van der Waals surface area contributed by atoms with Gasteiger partial charge in [0.1, 0.15) is 18.2 Å². The number of halogens is 3. The molecular weight excluding hydrogens is 382 g/mol. The van der Waals surface area contributed by atoms with Crippen molar-refractivity contribution in [2.75, 3.05) is 23.9 Å². The number of nitrogens with zero attached hydrogens (tertiary/aromatic N) is 1. The molecule has 0 saturated carbocycles. The van der Waals surface area contributed by atoms with Crippen LogP contribution in [-0.4, -0.2) is 31.4 Å². The molecule has 2 aromatic rings. The Morgan fingerprint density at radius 3 is 2.44 bits per heavy atom. The van der Waals surface area contributed by atoms with Gasteiger partial charge in [0.15, 0.2) is 0 Å². The number of hydrogen-bond acceptors (Lipinski definition) is 4. The molecule has 0 unspecified atom stereocenters. The van der Waals surface area contributed by atoms with Crippen molar-refractivity contribution in [3.63, 3.8) is 0 Å². The first-order chi connectivity index (χ1) is 12.7. The van der Waals surface area contributed by atoms with Crippen molar-refractivity contribution in [2.24, 2.45) is 0 Å². The maximum absolute atomic E-state index is 13.7. The minimum absolute atomic E-state index is 0.113. The van der Waals surface area contributed by atoms with Gasteiger partial charge in [0.05, 0.1) is 29.1 Å². The van der Waals surface area contributed by atoms with E-state index in [4.69, 9.17) is 11.6 Å². The molecule has 0 aliphatic carbocycles. The van der Waals surface area contributed by atoms with Gasteiger partial charge in [-0.1, -0.05) is 11.6 Å². The first-order valence-electron chi connectivity index (χ1n) is 7.63. The number of methoxy groups -OCH3 is 1. The molecule has 0 radical (unpaired) electrons. The van der Waals surface area contributed by atoms with Crippen molar-refractivity contribution in [3.8, 4) is 0 Å². The molecule has 2 amide bonds. The Morgan fingerprint density at radius 2 is 1.85 bits per heavy atom. The number of ether oxygens (including phenoxy) is 1. The SMILES string of the molecule is COC(=O)c1ccc(Cl)c(N(CC(=O)Nc2ccc(F)cc2F)C(C)=O)c1. The average Bonchev–Trinajstić information content (AvgIpc) is 2.62. The maximum atomic E-state index is 13.7. The van der Waals surface area contributed by atoms with E-state index in [0.717, 1.165) is 17.0 Å². The molecule has 0 aliphatic rings. The lowest BCUT2D eigenvalue weighted by atomic mass is 10.2. The molecule has 142 valence electrons. The number of rotatable bonds is 5. The second-order valence-corrected chi connectivity index (χ2v) is 5.84. The van der Waals surface area contributed by atoms with Crippen LogP contribution in [0.15, 0.2) is 36.4 Å². The predicted octanol–water partition coefficient (Wildman–Crippen LogP) is 3.40. The lowest BCUT2D eigenvalue weighted by Gasteiger charge is -2.22. The fourth-order valence-electron chi connectivity index (χ4n) is 2.25. The highest BCUT2D eigenvalue weighted by atomic mass is 35.5. The highest BCUT2D eigenvalue weighted by Crippen LogP contribution is 2.28. The van der Waals surface area contributed by atoms with Crippen molar-refractivity contribution < 1.29 is 27.9 Å². The molecule has 2 rings (SSSR count). The molecule has 0 spiro atoms. The molecule has 6 nitrogen and oxygen atoms in total. The third-order valence-corrected chi connectivity index (χ3v) is 3.86. The van der Waals surface area contributed by atoms with E-state index >= 15 is 0 Å². The van der Waals surface area contributed by atoms with Gasteiger partial charge in [-0.05, 0) is 30.3 Å². The highest BCUT2D eigenvalue weighted by molar-refractivity contribution is 6.34. The van der Waals surface area contributed by atoms with Crippen LogP contribution in [-0.2, 0) is 14.3 Å². The largest absolute Gasteiger partial charge is 0.465 e. The number of anilines is 2. The number of nitrogens with one attached hydrogen (secondary N) is 1. The maximum Gasteiger partial charge on any atom is 0.337 e. The summed E-state index contributed by atoms with van der Waals surface area (Å²) in [4.78, 5) is 36.9. The summed E-state index contributed by atoms with van der Waals surface area (Å²) in [6, 6.07) is 6.76. The minimum Gasteiger partial charge on any atom is -0.465 e. The molecule has 27 heavy (non-hydrogen) atoms. The minimum atomic E-state index is -0.955. The first kappa shape index (κ1) is 20.3. The smallest absolute Gasteiger partial charge is 0.337 e. The summed E-state index contributed by atoms with van der Waals surface area (Å²) in [5.41, 5.74) is 0.00856. The Bertz CT molecular complexity index is 905. The van der Waals surface area contributed by atoms with Crippen LogP contribution >= 0.6 is 11.6 Å². The lowest BCUT2D eigenvalue weighted by molar-refractivity contribution is -0.120. The molecule has 0 bridgehead atoms. The van der Waals surface area contributed by atoms with Crippen LogP contribution in [0.3, 0.4) is 0 Å². The van der Waals surface area contributed by atoms with Gasteiger partial charge < -0.3 is 15.0 Å². The zero-order valence-electron chi connectivity index (χ0n) is 14.4. The second kappa shape index (κ2) is 8.59. The van der Waals surface area contributed by atoms with Crippen LogP contribution < -0.4 is 10.2 Å². The van der Waals surface area contributed by atoms with Gasteiger partial charge in [0.2, 0.25) is 11.8 Å². The van der Waals surface area contributed by atoms with E-state index in [2.05, 4.69) is 10.1 Å². The summed E-state index contributed by atoms with van der Waals surface area (Å²) in [7, 11) is 1.20. The first-order valence-corrected chi connectivity index (χ1v) is 8.01. The van der Waals surface area contributed by atoms with Crippen molar-refractivity contribution in [1.29, 1.82) is 0 Å². The molecule has 9 heteroatoms. The van der Waals surface area contributed by atoms with Gasteiger partial charge in [-0.3, -0.25) is 9.59 Å². The van der Waals surface area contributed by atoms with E-state index in [1.54, 1.807) is 0 Å². The Balaban J connectivity index is 2.26. The topological polar surface area (TPSA) is 75.7 Å². The number of hydrogen-bond donors (Lipinski definition) is 1. The summed E-state index contributed by atoms with van der Waals surface area (Å²) in [5, 5.41) is 2.38. The van der Waals surface area contributed by atoms with Gasteiger partial charge in [0, 0.05) is 13.0 Å². The summed E-state index contributed by atoms with van der Waals surface area (Å²) >= 11 is 6.09. The van der Waals surface area contributed by atoms with E-state index in [9.17, 15) is 23.2 Å². The van der Waals surface area contributed by atoms with Crippen LogP contribution in [0.2, 0.25) is 5.02 Å². The molecule has 1 N–H and O–H groups in total. The van der Waals surface area contributed by atoms with Crippen molar-refractivity contribution >= 4 is 40.8 Å². The van der Waals surface area contributed by atoms with Crippen molar-refractivity contribution in [3.05, 3.63) is 58.6 Å². The van der Waals surface area contributed by atoms with Gasteiger partial charge in [0.25, 0.3) is 0 Å². The number of amides is 2. The van der Waals surface area contributed by atoms with E-state index in [1.807, 2.05) is 0 Å². The van der Waals surface area contributed by atoms with Gasteiger partial charge in [-0.25, -0.2) is 13.6 Å². The number of benzene rings is 2. The Kier molecular flexibility index (Phi) is 6.46. The monoisotopic (exact) mass is 396 g/mol. The number of esters is 1. The predicted molar refractivity (Wildman–Crippen MR) is 95.8 cm³/mol. The molecule has 0 aromatic heterocycles. The molecule has 2 aromatic carbocycles. The van der Waals surface area contributed by atoms with Crippen LogP contribution in [0.1, 0.15) is 17.3 Å². The molecule has 0 heterocycles. The Morgan fingerprint density at radius 1 is 1.15 bits per heavy atom. The third kappa shape index (κ3) is 5.01. The average molecular weight is 397 g/mol. The molecular formula is C18H15ClF2N2O4. The van der Waals surface area contributed by atoms with Crippen LogP contribution in [0.5, 0.6) is 0 Å². The fraction of sp³-hybridized carbons (Fsp3) is 0.167. The molecule has 0 atom stereocenters. The normalized spacial score (nSPS) is 10.3. The third-order valence-electron chi connectivity index (χ3n) is 3.55. The molecule has 0 aliphatic heterocycles. The summed E-state index contributed by atoms with van der Waals surface area (Å²) < 4.78 is 31.2. The van der Waals surface area contributed by atoms with E-state index in [-0.39, 0.29) is 22.0 Å². The lowest BCUT2D eigenvalue weighted by Crippen LogP contribution is -2.37. The Labute approximate surface area is 158 Å². The van der Waals surface area contributed by atoms with Crippen molar-refractivity contribution in [2.45, 2.75) is 6.92 Å². The highest BCUT2D eigenvalue weighted by Gasteiger charge is 2.21. The van der Waals surface area contributed by atoms with Crippen LogP contribution in [0.4, 0.5) is 20.2 Å². The summed E-state index contributed by atoms with van der Waals surface area (Å²) in [6.07, 6.45) is 0. The summed E-state index contributed by atoms with van der Waals surface area (Å²) in [5.74, 6) is -3.66. The standard InChI is InChI=1S/C18H15ClF2N2O4/c1-10(24)23(16-7-11(18(26)27-2)3-5-13(16)19)9-17(25)22-15-6-4-12(20)8-14(15)21/h3-8H,9H2,1-2H3,(H,22,25). The zero-order chi connectivity index (χ0) is 20.1. The van der Waals surface area contributed by atoms with Gasteiger partial charge in [-0.2, -0.15) is 0 Å². The van der Waals surface area contributed by atoms with Gasteiger partial charge >= 0.3 is 5.97 Å².